The van der Waals surface area contributed by atoms with E-state index >= 15 is 0 Å². The Labute approximate surface area is 261 Å². The van der Waals surface area contributed by atoms with Gasteiger partial charge in [-0.3, -0.25) is 9.69 Å². The van der Waals surface area contributed by atoms with Gasteiger partial charge in [0.1, 0.15) is 11.5 Å². The fraction of sp³-hybridized carbons (Fsp3) is 0.486. The second-order valence-corrected chi connectivity index (χ2v) is 13.5. The van der Waals surface area contributed by atoms with Gasteiger partial charge in [0.2, 0.25) is 0 Å². The molecule has 2 atom stereocenters. The minimum absolute atomic E-state index is 0.148. The van der Waals surface area contributed by atoms with Crippen LogP contribution in [0.4, 0.5) is 0 Å². The average molecular weight is 593 g/mol. The van der Waals surface area contributed by atoms with E-state index in [1.165, 1.54) is 61.0 Å². The molecule has 3 aromatic rings. The molecule has 1 saturated carbocycles. The molecule has 0 bridgehead atoms. The first-order valence-corrected chi connectivity index (χ1v) is 16.4. The summed E-state index contributed by atoms with van der Waals surface area (Å²) in [7, 11) is 0. The van der Waals surface area contributed by atoms with Gasteiger partial charge in [-0.15, -0.1) is 0 Å². The minimum Gasteiger partial charge on any atom is -0.381 e. The Morgan fingerprint density at radius 1 is 0.977 bits per heavy atom. The molecule has 1 aromatic heterocycles. The van der Waals surface area contributed by atoms with Crippen LogP contribution in [0.15, 0.2) is 66.4 Å². The zero-order valence-corrected chi connectivity index (χ0v) is 26.1. The van der Waals surface area contributed by atoms with Crippen molar-refractivity contribution >= 4 is 11.5 Å². The van der Waals surface area contributed by atoms with E-state index in [0.717, 1.165) is 50.6 Å². The first kappa shape index (κ1) is 29.3. The van der Waals surface area contributed by atoms with Crippen molar-refractivity contribution in [2.75, 3.05) is 39.5 Å². The molecule has 230 valence electrons. The van der Waals surface area contributed by atoms with Crippen LogP contribution in [0.3, 0.4) is 0 Å². The van der Waals surface area contributed by atoms with E-state index in [0.29, 0.717) is 17.2 Å². The maximum absolute atomic E-state index is 13.2. The molecule has 4 heterocycles. The summed E-state index contributed by atoms with van der Waals surface area (Å²) >= 11 is 0. The topological polar surface area (TPSA) is 76.6 Å². The van der Waals surface area contributed by atoms with Crippen LogP contribution in [-0.2, 0) is 9.47 Å². The average Bonchev–Trinajstić information content (AvgIpc) is 3.54. The molecule has 4 aliphatic rings. The quantitative estimate of drug-likeness (QED) is 0.334. The fourth-order valence-electron chi connectivity index (χ4n) is 7.60. The van der Waals surface area contributed by atoms with Crippen molar-refractivity contribution in [2.24, 2.45) is 5.41 Å². The summed E-state index contributed by atoms with van der Waals surface area (Å²) in [5, 5.41) is 3.15. The van der Waals surface area contributed by atoms with Crippen LogP contribution in [0, 0.1) is 12.3 Å². The van der Waals surface area contributed by atoms with Gasteiger partial charge in [0.15, 0.2) is 0 Å². The van der Waals surface area contributed by atoms with Crippen LogP contribution in [0.1, 0.15) is 96.0 Å². The highest BCUT2D eigenvalue weighted by molar-refractivity contribution is 5.92. The summed E-state index contributed by atoms with van der Waals surface area (Å²) < 4.78 is 11.4. The molecule has 7 rings (SSSR count). The summed E-state index contributed by atoms with van der Waals surface area (Å²) in [4.78, 5) is 24.8. The van der Waals surface area contributed by atoms with Crippen molar-refractivity contribution in [2.45, 2.75) is 70.4 Å². The Morgan fingerprint density at radius 2 is 1.68 bits per heavy atom. The summed E-state index contributed by atoms with van der Waals surface area (Å²) in [5.41, 5.74) is 8.66. The number of likely N-dealkylation sites (tertiary alicyclic amines) is 1. The number of nitrogens with zero attached hydrogens (tertiary/aromatic N) is 3. The minimum atomic E-state index is -0.173. The van der Waals surface area contributed by atoms with Crippen molar-refractivity contribution in [3.8, 4) is 0 Å². The molecular formula is C37H44N4O3. The number of hydrogen-bond donors (Lipinski definition) is 1. The van der Waals surface area contributed by atoms with Crippen molar-refractivity contribution in [3.63, 3.8) is 0 Å². The van der Waals surface area contributed by atoms with Crippen LogP contribution < -0.4 is 5.32 Å². The number of hydrogen-bond acceptors (Lipinski definition) is 6. The summed E-state index contributed by atoms with van der Waals surface area (Å²) in [6, 6.07) is 19.3. The number of carbonyl (C=O) groups is 1. The normalized spacial score (nSPS) is 22.3. The second-order valence-electron chi connectivity index (χ2n) is 13.5. The number of nitrogens with one attached hydrogen (secondary N) is 1. The zero-order valence-electron chi connectivity index (χ0n) is 26.1. The number of amides is 1. The number of aryl methyl sites for hydroxylation is 1. The Kier molecular flexibility index (Phi) is 8.36. The number of carbonyl (C=O) groups excluding carboxylic acids is 1. The van der Waals surface area contributed by atoms with Gasteiger partial charge in [0, 0.05) is 57.0 Å². The first-order valence-electron chi connectivity index (χ1n) is 16.4. The third kappa shape index (κ3) is 6.23. The van der Waals surface area contributed by atoms with Crippen molar-refractivity contribution in [3.05, 3.63) is 100 Å². The summed E-state index contributed by atoms with van der Waals surface area (Å²) in [5.74, 6) is 0.817. The van der Waals surface area contributed by atoms with Gasteiger partial charge in [-0.1, -0.05) is 59.7 Å². The molecule has 3 saturated heterocycles. The van der Waals surface area contributed by atoms with Gasteiger partial charge in [-0.25, -0.2) is 9.97 Å². The van der Waals surface area contributed by atoms with Gasteiger partial charge in [0.25, 0.3) is 5.91 Å². The molecule has 1 N–H and O–H groups in total. The zero-order chi connectivity index (χ0) is 30.1. The van der Waals surface area contributed by atoms with E-state index in [4.69, 9.17) is 9.47 Å². The lowest BCUT2D eigenvalue weighted by molar-refractivity contribution is -0.0548. The molecule has 7 heteroatoms. The van der Waals surface area contributed by atoms with E-state index in [-0.39, 0.29) is 17.9 Å². The Bertz CT molecular complexity index is 1490. The predicted molar refractivity (Wildman–Crippen MR) is 171 cm³/mol. The molecule has 2 aromatic carbocycles. The third-order valence-corrected chi connectivity index (χ3v) is 10.0. The largest absolute Gasteiger partial charge is 0.381 e. The van der Waals surface area contributed by atoms with Crippen LogP contribution in [0.25, 0.3) is 5.57 Å². The molecule has 0 radical (unpaired) electrons. The van der Waals surface area contributed by atoms with E-state index in [1.807, 2.05) is 6.92 Å². The SMILES string of the molecule is Cc1ccc(C(=C2CC3(C2)CN(CC2CCCO2)C3)c2ccc(C(C)NC(=O)c3ccnc(C4CCOCC4)n3)cc2)cc1. The van der Waals surface area contributed by atoms with E-state index < -0.39 is 0 Å². The summed E-state index contributed by atoms with van der Waals surface area (Å²) in [6.07, 6.45) is 8.67. The lowest BCUT2D eigenvalue weighted by atomic mass is 9.59. The van der Waals surface area contributed by atoms with E-state index in [1.54, 1.807) is 17.8 Å². The van der Waals surface area contributed by atoms with Crippen LogP contribution in [-0.4, -0.2) is 66.3 Å². The number of aromatic nitrogens is 2. The number of rotatable bonds is 8. The molecular weight excluding hydrogens is 548 g/mol. The lowest BCUT2D eigenvalue weighted by Crippen LogP contribution is -2.61. The first-order chi connectivity index (χ1) is 21.4. The van der Waals surface area contributed by atoms with Gasteiger partial charge in [-0.05, 0) is 80.7 Å². The molecule has 1 aliphatic carbocycles. The molecule has 4 fully saturated rings. The van der Waals surface area contributed by atoms with Gasteiger partial charge >= 0.3 is 0 Å². The van der Waals surface area contributed by atoms with Gasteiger partial charge in [0.05, 0.1) is 12.1 Å². The van der Waals surface area contributed by atoms with Crippen LogP contribution >= 0.6 is 0 Å². The predicted octanol–water partition coefficient (Wildman–Crippen LogP) is 6.25. The highest BCUT2D eigenvalue weighted by Crippen LogP contribution is 2.54. The highest BCUT2D eigenvalue weighted by Gasteiger charge is 2.51. The molecule has 1 amide bonds. The highest BCUT2D eigenvalue weighted by atomic mass is 16.5. The molecule has 2 unspecified atom stereocenters. The fourth-order valence-corrected chi connectivity index (χ4v) is 7.60. The van der Waals surface area contributed by atoms with Crippen molar-refractivity contribution in [1.29, 1.82) is 0 Å². The lowest BCUT2D eigenvalue weighted by Gasteiger charge is -2.58. The van der Waals surface area contributed by atoms with Crippen molar-refractivity contribution in [1.82, 2.24) is 20.2 Å². The molecule has 3 aliphatic heterocycles. The Balaban J connectivity index is 1.03. The maximum Gasteiger partial charge on any atom is 0.270 e. The maximum atomic E-state index is 13.2. The third-order valence-electron chi connectivity index (χ3n) is 10.0. The van der Waals surface area contributed by atoms with Crippen LogP contribution in [0.2, 0.25) is 0 Å². The number of benzene rings is 2. The standard InChI is InChI=1S/C37H44N4O3/c1-25-5-7-28(8-6-25)34(31-20-37(21-31)23-41(24-37)22-32-4-3-17-44-32)29-11-9-27(10-12-29)26(2)39-36(42)33-13-16-38-35(40-33)30-14-18-43-19-15-30/h5-13,16,26,30,32H,3-4,14-15,17-24H2,1-2H3,(H,39,42). The molecule has 44 heavy (non-hydrogen) atoms. The van der Waals surface area contributed by atoms with Crippen molar-refractivity contribution < 1.29 is 14.3 Å². The Morgan fingerprint density at radius 3 is 2.36 bits per heavy atom. The second kappa shape index (κ2) is 12.5. The monoisotopic (exact) mass is 592 g/mol. The van der Waals surface area contributed by atoms with Gasteiger partial charge < -0.3 is 14.8 Å². The smallest absolute Gasteiger partial charge is 0.270 e. The molecule has 7 nitrogen and oxygen atoms in total. The number of allylic oxidation sites excluding steroid dienone is 1. The summed E-state index contributed by atoms with van der Waals surface area (Å²) in [6.45, 7) is 10.0. The van der Waals surface area contributed by atoms with Crippen LogP contribution in [0.5, 0.6) is 0 Å². The van der Waals surface area contributed by atoms with E-state index in [2.05, 4.69) is 75.6 Å². The Hall–Kier alpha value is -3.39. The van der Waals surface area contributed by atoms with Gasteiger partial charge in [-0.2, -0.15) is 0 Å². The van der Waals surface area contributed by atoms with E-state index in [9.17, 15) is 4.79 Å². The number of ether oxygens (including phenoxy) is 2. The molecule has 1 spiro atoms.